The van der Waals surface area contributed by atoms with Crippen LogP contribution in [-0.2, 0) is 4.74 Å². The van der Waals surface area contributed by atoms with Gasteiger partial charge in [0.15, 0.2) is 0 Å². The van der Waals surface area contributed by atoms with Crippen molar-refractivity contribution in [1.29, 1.82) is 0 Å². The summed E-state index contributed by atoms with van der Waals surface area (Å²) in [4.78, 5) is 16.5. The quantitative estimate of drug-likeness (QED) is 0.684. The van der Waals surface area contributed by atoms with E-state index in [0.29, 0.717) is 12.2 Å². The van der Waals surface area contributed by atoms with Crippen LogP contribution in [0, 0.1) is 13.8 Å². The summed E-state index contributed by atoms with van der Waals surface area (Å²) in [6.07, 6.45) is 1.53. The second-order valence-corrected chi connectivity index (χ2v) is 5.99. The van der Waals surface area contributed by atoms with Gasteiger partial charge >= 0.3 is 5.97 Å². The molecule has 0 atom stereocenters. The topological polar surface area (TPSA) is 57.0 Å². The Morgan fingerprint density at radius 1 is 1.26 bits per heavy atom. The second kappa shape index (κ2) is 6.34. The van der Waals surface area contributed by atoms with E-state index in [2.05, 4.69) is 29.1 Å². The predicted molar refractivity (Wildman–Crippen MR) is 90.1 cm³/mol. The van der Waals surface area contributed by atoms with Gasteiger partial charge in [-0.1, -0.05) is 29.8 Å². The first-order chi connectivity index (χ1) is 11.1. The van der Waals surface area contributed by atoms with Gasteiger partial charge < -0.3 is 4.74 Å². The van der Waals surface area contributed by atoms with E-state index in [-0.39, 0.29) is 5.97 Å². The molecular weight excluding hydrogens is 310 g/mol. The zero-order valence-corrected chi connectivity index (χ0v) is 14.1. The lowest BCUT2D eigenvalue weighted by atomic mass is 10.1. The average molecular weight is 327 g/mol. The molecule has 5 nitrogen and oxygen atoms in total. The number of nitrogens with zero attached hydrogens (tertiary/aromatic N) is 3. The molecule has 1 aromatic carbocycles. The Labute approximate surface area is 138 Å². The van der Waals surface area contributed by atoms with E-state index in [1.165, 1.54) is 23.1 Å². The van der Waals surface area contributed by atoms with Gasteiger partial charge in [-0.25, -0.2) is 14.5 Å². The molecule has 0 N–H and O–H groups in total. The number of benzene rings is 1. The molecule has 0 saturated heterocycles. The number of hydrogen-bond acceptors (Lipinski definition) is 5. The minimum Gasteiger partial charge on any atom is -0.462 e. The molecule has 3 rings (SSSR count). The van der Waals surface area contributed by atoms with Crippen LogP contribution in [0.2, 0.25) is 0 Å². The van der Waals surface area contributed by atoms with Crippen LogP contribution in [0.5, 0.6) is 0 Å². The SMILES string of the molecule is CCOC(=O)c1cnn(-c2nc(-c3ccc(C)cc3)cs2)c1C. The van der Waals surface area contributed by atoms with Crippen molar-refractivity contribution < 1.29 is 9.53 Å². The summed E-state index contributed by atoms with van der Waals surface area (Å²) < 4.78 is 6.71. The molecule has 3 aromatic rings. The minimum atomic E-state index is -0.355. The van der Waals surface area contributed by atoms with Crippen LogP contribution in [0.15, 0.2) is 35.8 Å². The zero-order chi connectivity index (χ0) is 16.4. The molecule has 6 heteroatoms. The summed E-state index contributed by atoms with van der Waals surface area (Å²) in [6.45, 7) is 6.02. The average Bonchev–Trinajstić information content (AvgIpc) is 3.15. The molecule has 0 amide bonds. The molecule has 0 unspecified atom stereocenters. The van der Waals surface area contributed by atoms with Crippen LogP contribution in [0.3, 0.4) is 0 Å². The van der Waals surface area contributed by atoms with Crippen molar-refractivity contribution in [2.75, 3.05) is 6.61 Å². The van der Waals surface area contributed by atoms with E-state index in [4.69, 9.17) is 4.74 Å². The molecule has 0 fully saturated rings. The van der Waals surface area contributed by atoms with Gasteiger partial charge in [0.1, 0.15) is 5.56 Å². The summed E-state index contributed by atoms with van der Waals surface area (Å²) in [5.74, 6) is -0.355. The number of hydrogen-bond donors (Lipinski definition) is 0. The van der Waals surface area contributed by atoms with Gasteiger partial charge in [-0.05, 0) is 20.8 Å². The third kappa shape index (κ3) is 3.03. The van der Waals surface area contributed by atoms with Gasteiger partial charge in [0.05, 0.1) is 24.2 Å². The van der Waals surface area contributed by atoms with Crippen LogP contribution >= 0.6 is 11.3 Å². The largest absolute Gasteiger partial charge is 0.462 e. The molecule has 2 heterocycles. The fraction of sp³-hybridized carbons (Fsp3) is 0.235. The van der Waals surface area contributed by atoms with E-state index >= 15 is 0 Å². The van der Waals surface area contributed by atoms with E-state index in [1.807, 2.05) is 24.4 Å². The van der Waals surface area contributed by atoms with Gasteiger partial charge in [-0.2, -0.15) is 5.10 Å². The Kier molecular flexibility index (Phi) is 4.25. The molecule has 0 aliphatic carbocycles. The van der Waals surface area contributed by atoms with Crippen molar-refractivity contribution in [3.63, 3.8) is 0 Å². The summed E-state index contributed by atoms with van der Waals surface area (Å²) in [6, 6.07) is 8.22. The van der Waals surface area contributed by atoms with E-state index in [0.717, 1.165) is 22.1 Å². The van der Waals surface area contributed by atoms with Crippen molar-refractivity contribution >= 4 is 17.3 Å². The zero-order valence-electron chi connectivity index (χ0n) is 13.2. The minimum absolute atomic E-state index is 0.346. The maximum Gasteiger partial charge on any atom is 0.341 e. The lowest BCUT2D eigenvalue weighted by molar-refractivity contribution is 0.0525. The highest BCUT2D eigenvalue weighted by Gasteiger charge is 2.17. The maximum atomic E-state index is 11.9. The molecule has 0 aliphatic heterocycles. The summed E-state index contributed by atoms with van der Waals surface area (Å²) >= 11 is 1.49. The molecular formula is C17H17N3O2S. The number of rotatable bonds is 4. The highest BCUT2D eigenvalue weighted by Crippen LogP contribution is 2.25. The van der Waals surface area contributed by atoms with Crippen molar-refractivity contribution in [2.24, 2.45) is 0 Å². The monoisotopic (exact) mass is 327 g/mol. The Morgan fingerprint density at radius 2 is 2.00 bits per heavy atom. The maximum absolute atomic E-state index is 11.9. The normalized spacial score (nSPS) is 10.7. The number of esters is 1. The number of aryl methyl sites for hydroxylation is 1. The fourth-order valence-corrected chi connectivity index (χ4v) is 3.07. The Morgan fingerprint density at radius 3 is 2.70 bits per heavy atom. The molecule has 0 spiro atoms. The van der Waals surface area contributed by atoms with Gasteiger partial charge in [0.25, 0.3) is 0 Å². The number of carbonyl (C=O) groups is 1. The van der Waals surface area contributed by atoms with Gasteiger partial charge in [-0.3, -0.25) is 0 Å². The van der Waals surface area contributed by atoms with Gasteiger partial charge in [-0.15, -0.1) is 11.3 Å². The molecule has 23 heavy (non-hydrogen) atoms. The number of thiazole rings is 1. The lowest BCUT2D eigenvalue weighted by Gasteiger charge is -2.02. The summed E-state index contributed by atoms with van der Waals surface area (Å²) in [7, 11) is 0. The van der Waals surface area contributed by atoms with Crippen LogP contribution in [0.1, 0.15) is 28.5 Å². The third-order valence-corrected chi connectivity index (χ3v) is 4.34. The predicted octanol–water partition coefficient (Wildman–Crippen LogP) is 3.79. The van der Waals surface area contributed by atoms with Crippen LogP contribution in [0.4, 0.5) is 0 Å². The summed E-state index contributed by atoms with van der Waals surface area (Å²) in [5.41, 5.74) is 4.38. The molecule has 0 saturated carbocycles. The molecule has 0 radical (unpaired) electrons. The van der Waals surface area contributed by atoms with E-state index in [1.54, 1.807) is 11.6 Å². The van der Waals surface area contributed by atoms with Crippen LogP contribution in [-0.4, -0.2) is 27.3 Å². The van der Waals surface area contributed by atoms with Crippen LogP contribution < -0.4 is 0 Å². The highest BCUT2D eigenvalue weighted by atomic mass is 32.1. The smallest absolute Gasteiger partial charge is 0.341 e. The molecule has 118 valence electrons. The third-order valence-electron chi connectivity index (χ3n) is 3.53. The lowest BCUT2D eigenvalue weighted by Crippen LogP contribution is -2.06. The van der Waals surface area contributed by atoms with E-state index in [9.17, 15) is 4.79 Å². The number of ether oxygens (including phenoxy) is 1. The second-order valence-electron chi connectivity index (χ2n) is 5.16. The van der Waals surface area contributed by atoms with Gasteiger partial charge in [0, 0.05) is 10.9 Å². The van der Waals surface area contributed by atoms with Crippen LogP contribution in [0.25, 0.3) is 16.4 Å². The van der Waals surface area contributed by atoms with E-state index < -0.39 is 0 Å². The van der Waals surface area contributed by atoms with Gasteiger partial charge in [0.2, 0.25) is 5.13 Å². The first-order valence-electron chi connectivity index (χ1n) is 7.35. The van der Waals surface area contributed by atoms with Crippen molar-refractivity contribution in [3.8, 4) is 16.4 Å². The Bertz CT molecular complexity index is 834. The van der Waals surface area contributed by atoms with Crippen molar-refractivity contribution in [3.05, 3.63) is 52.7 Å². The number of carbonyl (C=O) groups excluding carboxylic acids is 1. The fourth-order valence-electron chi connectivity index (χ4n) is 2.23. The first kappa shape index (κ1) is 15.4. The standard InChI is InChI=1S/C17H17N3O2S/c1-4-22-16(21)14-9-18-20(12(14)3)17-19-15(10-23-17)13-7-5-11(2)6-8-13/h5-10H,4H2,1-3H3. The Balaban J connectivity index is 1.92. The molecule has 0 aliphatic rings. The molecule has 2 aromatic heterocycles. The van der Waals surface area contributed by atoms with Crippen molar-refractivity contribution in [2.45, 2.75) is 20.8 Å². The van der Waals surface area contributed by atoms with Crippen molar-refractivity contribution in [1.82, 2.24) is 14.8 Å². The molecule has 0 bridgehead atoms. The highest BCUT2D eigenvalue weighted by molar-refractivity contribution is 7.12. The first-order valence-corrected chi connectivity index (χ1v) is 8.22. The summed E-state index contributed by atoms with van der Waals surface area (Å²) in [5, 5.41) is 7.00. The number of aromatic nitrogens is 3. The Hall–Kier alpha value is -2.47.